The van der Waals surface area contributed by atoms with Crippen LogP contribution in [0, 0.1) is 0 Å². The van der Waals surface area contributed by atoms with Crippen molar-refractivity contribution in [3.8, 4) is 34.3 Å². The molecule has 8 heteroatoms. The van der Waals surface area contributed by atoms with Gasteiger partial charge in [0, 0.05) is 36.0 Å². The Morgan fingerprint density at radius 1 is 1.14 bits per heavy atom. The average molecular weight is 396 g/mol. The highest BCUT2D eigenvalue weighted by molar-refractivity contribution is 5.71. The monoisotopic (exact) mass is 396 g/mol. The van der Waals surface area contributed by atoms with Gasteiger partial charge in [0.15, 0.2) is 11.5 Å². The Morgan fingerprint density at radius 3 is 2.76 bits per heavy atom. The van der Waals surface area contributed by atoms with Gasteiger partial charge in [0.2, 0.25) is 5.82 Å². The minimum Gasteiger partial charge on any atom is -0.490 e. The third-order valence-corrected chi connectivity index (χ3v) is 4.79. The Bertz CT molecular complexity index is 989. The molecule has 0 saturated carbocycles. The van der Waals surface area contributed by atoms with Crippen LogP contribution in [0.25, 0.3) is 22.8 Å². The molecule has 1 aromatic carbocycles. The van der Waals surface area contributed by atoms with Crippen LogP contribution in [0.4, 0.5) is 5.82 Å². The maximum Gasteiger partial charge on any atom is 0.258 e. The summed E-state index contributed by atoms with van der Waals surface area (Å²) in [5, 5.41) is 13.4. The second-order valence-corrected chi connectivity index (χ2v) is 6.57. The molecule has 0 fully saturated rings. The molecule has 152 valence electrons. The van der Waals surface area contributed by atoms with E-state index in [-0.39, 0.29) is 6.61 Å². The van der Waals surface area contributed by atoms with E-state index in [0.29, 0.717) is 43.0 Å². The zero-order valence-electron chi connectivity index (χ0n) is 16.6. The van der Waals surface area contributed by atoms with E-state index in [0.717, 1.165) is 35.5 Å². The van der Waals surface area contributed by atoms with E-state index in [2.05, 4.69) is 20.0 Å². The molecule has 0 atom stereocenters. The third-order valence-electron chi connectivity index (χ3n) is 4.79. The quantitative estimate of drug-likeness (QED) is 0.621. The molecular formula is C21H24N4O4. The second-order valence-electron chi connectivity index (χ2n) is 6.57. The van der Waals surface area contributed by atoms with Gasteiger partial charge in [0.1, 0.15) is 5.82 Å². The van der Waals surface area contributed by atoms with Crippen LogP contribution in [0.3, 0.4) is 0 Å². The third kappa shape index (κ3) is 3.75. The summed E-state index contributed by atoms with van der Waals surface area (Å²) in [6.45, 7) is 6.43. The van der Waals surface area contributed by atoms with Gasteiger partial charge in [-0.15, -0.1) is 0 Å². The lowest BCUT2D eigenvalue weighted by Gasteiger charge is -2.16. The van der Waals surface area contributed by atoms with Crippen molar-refractivity contribution < 1.29 is 19.1 Å². The normalized spacial score (nSPS) is 12.9. The Morgan fingerprint density at radius 2 is 1.97 bits per heavy atom. The average Bonchev–Trinajstić information content (AvgIpc) is 3.38. The fourth-order valence-electron chi connectivity index (χ4n) is 3.54. The lowest BCUT2D eigenvalue weighted by molar-refractivity contribution is 0.288. The van der Waals surface area contributed by atoms with Crippen LogP contribution in [0.15, 0.2) is 35.0 Å². The number of aliphatic hydroxyl groups is 1. The largest absolute Gasteiger partial charge is 0.490 e. The Kier molecular flexibility index (Phi) is 5.62. The molecule has 0 radical (unpaired) electrons. The number of hydrogen-bond donors (Lipinski definition) is 1. The van der Waals surface area contributed by atoms with Crippen molar-refractivity contribution in [1.29, 1.82) is 0 Å². The van der Waals surface area contributed by atoms with Gasteiger partial charge in [-0.1, -0.05) is 5.16 Å². The Labute approximate surface area is 169 Å². The van der Waals surface area contributed by atoms with Gasteiger partial charge in [-0.25, -0.2) is 4.98 Å². The number of pyridine rings is 1. The molecule has 2 aromatic heterocycles. The number of rotatable bonds is 8. The number of aliphatic hydroxyl groups excluding tert-OH is 1. The van der Waals surface area contributed by atoms with Crippen LogP contribution in [0.1, 0.15) is 19.4 Å². The second kappa shape index (κ2) is 8.48. The van der Waals surface area contributed by atoms with Crippen LogP contribution < -0.4 is 14.4 Å². The number of ether oxygens (including phenoxy) is 2. The summed E-state index contributed by atoms with van der Waals surface area (Å²) in [5.41, 5.74) is 2.75. The van der Waals surface area contributed by atoms with Crippen LogP contribution in [0.2, 0.25) is 0 Å². The zero-order chi connectivity index (χ0) is 20.2. The predicted octanol–water partition coefficient (Wildman–Crippen LogP) is 2.95. The Balaban J connectivity index is 1.66. The fraction of sp³-hybridized carbons (Fsp3) is 0.381. The van der Waals surface area contributed by atoms with Gasteiger partial charge >= 0.3 is 0 Å². The van der Waals surface area contributed by atoms with Crippen LogP contribution >= 0.6 is 0 Å². The number of fused-ring (bicyclic) bond motifs is 1. The molecule has 1 aliphatic rings. The number of anilines is 1. The number of β-amino-alcohol motifs (C(OH)–C–C–N with tert-alkyl or cyclic N) is 1. The summed E-state index contributed by atoms with van der Waals surface area (Å²) in [5.74, 6) is 3.16. The van der Waals surface area contributed by atoms with Crippen molar-refractivity contribution >= 4 is 5.82 Å². The molecule has 1 N–H and O–H groups in total. The summed E-state index contributed by atoms with van der Waals surface area (Å²) >= 11 is 0. The fourth-order valence-corrected chi connectivity index (χ4v) is 3.54. The molecule has 3 heterocycles. The molecule has 0 aliphatic carbocycles. The first-order valence-corrected chi connectivity index (χ1v) is 9.83. The van der Waals surface area contributed by atoms with E-state index in [4.69, 9.17) is 14.0 Å². The highest BCUT2D eigenvalue weighted by atomic mass is 16.5. The van der Waals surface area contributed by atoms with Crippen molar-refractivity contribution in [3.63, 3.8) is 0 Å². The molecule has 3 aromatic rings. The van der Waals surface area contributed by atoms with Gasteiger partial charge in [-0.3, -0.25) is 0 Å². The van der Waals surface area contributed by atoms with Gasteiger partial charge < -0.3 is 24.0 Å². The standard InChI is InChI=1S/C21H24N4O4/c1-3-27-17-6-5-14(13-18(17)28-4-2)21-23-19(24-29-21)15-7-9-22-20-16(15)8-10-25(20)11-12-26/h5-7,9,13,26H,3-4,8,10-12H2,1-2H3. The van der Waals surface area contributed by atoms with E-state index in [1.165, 1.54) is 0 Å². The molecule has 0 bridgehead atoms. The lowest BCUT2D eigenvalue weighted by atomic mass is 10.1. The first kappa shape index (κ1) is 19.2. The maximum atomic E-state index is 9.25. The van der Waals surface area contributed by atoms with Gasteiger partial charge in [-0.2, -0.15) is 4.98 Å². The minimum atomic E-state index is 0.0949. The molecular weight excluding hydrogens is 372 g/mol. The first-order chi connectivity index (χ1) is 14.2. The van der Waals surface area contributed by atoms with Gasteiger partial charge in [0.25, 0.3) is 5.89 Å². The summed E-state index contributed by atoms with van der Waals surface area (Å²) in [4.78, 5) is 11.1. The van der Waals surface area contributed by atoms with Crippen molar-refractivity contribution in [3.05, 3.63) is 36.0 Å². The predicted molar refractivity (Wildman–Crippen MR) is 108 cm³/mol. The number of benzene rings is 1. The SMILES string of the molecule is CCOc1ccc(-c2nc(-c3ccnc4c3CCN4CCO)no2)cc1OCC. The van der Waals surface area contributed by atoms with E-state index in [9.17, 15) is 5.11 Å². The molecule has 0 amide bonds. The number of hydrogen-bond acceptors (Lipinski definition) is 8. The summed E-state index contributed by atoms with van der Waals surface area (Å²) < 4.78 is 16.8. The van der Waals surface area contributed by atoms with Crippen molar-refractivity contribution in [1.82, 2.24) is 15.1 Å². The topological polar surface area (TPSA) is 93.7 Å². The summed E-state index contributed by atoms with van der Waals surface area (Å²) in [6.07, 6.45) is 2.57. The highest BCUT2D eigenvalue weighted by Crippen LogP contribution is 2.35. The molecule has 29 heavy (non-hydrogen) atoms. The van der Waals surface area contributed by atoms with Crippen LogP contribution in [-0.2, 0) is 6.42 Å². The van der Waals surface area contributed by atoms with Gasteiger partial charge in [0.05, 0.1) is 19.8 Å². The van der Waals surface area contributed by atoms with Crippen molar-refractivity contribution in [2.75, 3.05) is 37.8 Å². The maximum absolute atomic E-state index is 9.25. The molecule has 0 spiro atoms. The van der Waals surface area contributed by atoms with E-state index < -0.39 is 0 Å². The highest BCUT2D eigenvalue weighted by Gasteiger charge is 2.25. The molecule has 8 nitrogen and oxygen atoms in total. The molecule has 0 unspecified atom stereocenters. The number of aromatic nitrogens is 3. The lowest BCUT2D eigenvalue weighted by Crippen LogP contribution is -2.24. The molecule has 1 aliphatic heterocycles. The van der Waals surface area contributed by atoms with E-state index >= 15 is 0 Å². The van der Waals surface area contributed by atoms with E-state index in [1.54, 1.807) is 6.20 Å². The first-order valence-electron chi connectivity index (χ1n) is 9.83. The zero-order valence-corrected chi connectivity index (χ0v) is 16.6. The van der Waals surface area contributed by atoms with Crippen LogP contribution in [-0.4, -0.2) is 53.1 Å². The summed E-state index contributed by atoms with van der Waals surface area (Å²) in [7, 11) is 0. The van der Waals surface area contributed by atoms with Crippen LogP contribution in [0.5, 0.6) is 11.5 Å². The van der Waals surface area contributed by atoms with Crippen molar-refractivity contribution in [2.24, 2.45) is 0 Å². The minimum absolute atomic E-state index is 0.0949. The van der Waals surface area contributed by atoms with E-state index in [1.807, 2.05) is 38.1 Å². The molecule has 0 saturated heterocycles. The smallest absolute Gasteiger partial charge is 0.258 e. The van der Waals surface area contributed by atoms with Gasteiger partial charge in [-0.05, 0) is 44.5 Å². The summed E-state index contributed by atoms with van der Waals surface area (Å²) in [6, 6.07) is 7.49. The Hall–Kier alpha value is -3.13. The number of nitrogens with zero attached hydrogens (tertiary/aromatic N) is 4. The van der Waals surface area contributed by atoms with Crippen molar-refractivity contribution in [2.45, 2.75) is 20.3 Å². The molecule has 4 rings (SSSR count).